The average Bonchev–Trinajstić information content (AvgIpc) is 3.10. The van der Waals surface area contributed by atoms with E-state index in [-0.39, 0.29) is 29.9 Å². The van der Waals surface area contributed by atoms with E-state index in [0.29, 0.717) is 18.9 Å². The van der Waals surface area contributed by atoms with Crippen molar-refractivity contribution in [3.63, 3.8) is 0 Å². The molecule has 1 aliphatic heterocycles. The molecule has 0 radical (unpaired) electrons. The van der Waals surface area contributed by atoms with E-state index in [1.165, 1.54) is 31.2 Å². The Labute approximate surface area is 199 Å². The number of benzene rings is 1. The monoisotopic (exact) mass is 526 g/mol. The molecule has 0 bridgehead atoms. The van der Waals surface area contributed by atoms with E-state index in [2.05, 4.69) is 48.7 Å². The van der Waals surface area contributed by atoms with Crippen LogP contribution in [0.2, 0.25) is 0 Å². The Morgan fingerprint density at radius 2 is 1.83 bits per heavy atom. The summed E-state index contributed by atoms with van der Waals surface area (Å²) in [7, 11) is 0. The van der Waals surface area contributed by atoms with Crippen molar-refractivity contribution >= 4 is 35.8 Å². The smallest absolute Gasteiger partial charge is 0.223 e. The summed E-state index contributed by atoms with van der Waals surface area (Å²) in [5.41, 5.74) is 1.29. The number of carbonyl (C=O) groups excluding carboxylic acids is 1. The Morgan fingerprint density at radius 1 is 1.10 bits per heavy atom. The zero-order valence-electron chi connectivity index (χ0n) is 18.6. The second-order valence-corrected chi connectivity index (χ2v) is 8.87. The van der Waals surface area contributed by atoms with Crippen molar-refractivity contribution < 1.29 is 4.79 Å². The SMILES string of the molecule is CCNC(=NCC1CC(=O)N(CCc2ccccc2)C1)NCC1CCC(C)CC1.I. The molecule has 3 rings (SSSR count). The molecule has 0 aromatic heterocycles. The summed E-state index contributed by atoms with van der Waals surface area (Å²) in [6.07, 6.45) is 6.89. The first-order valence-electron chi connectivity index (χ1n) is 11.5. The molecule has 1 amide bonds. The Balaban J connectivity index is 0.00000320. The highest BCUT2D eigenvalue weighted by Gasteiger charge is 2.29. The minimum atomic E-state index is 0. The number of halogens is 1. The van der Waals surface area contributed by atoms with Gasteiger partial charge < -0.3 is 15.5 Å². The van der Waals surface area contributed by atoms with Crippen molar-refractivity contribution in [1.82, 2.24) is 15.5 Å². The van der Waals surface area contributed by atoms with E-state index in [9.17, 15) is 4.79 Å². The number of hydrogen-bond acceptors (Lipinski definition) is 2. The third-order valence-corrected chi connectivity index (χ3v) is 6.35. The summed E-state index contributed by atoms with van der Waals surface area (Å²) < 4.78 is 0. The Kier molecular flexibility index (Phi) is 11.0. The lowest BCUT2D eigenvalue weighted by atomic mass is 9.83. The number of aliphatic imine (C=N–C) groups is 1. The molecule has 1 heterocycles. The van der Waals surface area contributed by atoms with Gasteiger partial charge in [0.15, 0.2) is 5.96 Å². The Morgan fingerprint density at radius 3 is 2.53 bits per heavy atom. The number of hydrogen-bond donors (Lipinski definition) is 2. The maximum absolute atomic E-state index is 12.4. The molecular formula is C24H39IN4O. The van der Waals surface area contributed by atoms with Crippen LogP contribution in [0.3, 0.4) is 0 Å². The van der Waals surface area contributed by atoms with Gasteiger partial charge in [-0.1, -0.05) is 50.1 Å². The first-order chi connectivity index (χ1) is 14.1. The van der Waals surface area contributed by atoms with Gasteiger partial charge in [0.25, 0.3) is 0 Å². The van der Waals surface area contributed by atoms with Gasteiger partial charge in [-0.2, -0.15) is 0 Å². The molecule has 1 unspecified atom stereocenters. The fraction of sp³-hybridized carbons (Fsp3) is 0.667. The van der Waals surface area contributed by atoms with Crippen LogP contribution in [0.15, 0.2) is 35.3 Å². The van der Waals surface area contributed by atoms with E-state index in [4.69, 9.17) is 4.99 Å². The predicted octanol–water partition coefficient (Wildman–Crippen LogP) is 4.08. The highest BCUT2D eigenvalue weighted by atomic mass is 127. The standard InChI is InChI=1S/C24H38N4O.HI/c1-3-25-24(26-16-21-11-9-19(2)10-12-21)27-17-22-15-23(29)28(18-22)14-13-20-7-5-4-6-8-20;/h4-8,19,21-22H,3,9-18H2,1-2H3,(H2,25,26,27);1H. The predicted molar refractivity (Wildman–Crippen MR) is 135 cm³/mol. The Bertz CT molecular complexity index is 658. The summed E-state index contributed by atoms with van der Waals surface area (Å²) in [6.45, 7) is 8.68. The molecule has 2 aliphatic rings. The molecule has 6 heteroatoms. The Hall–Kier alpha value is -1.31. The van der Waals surface area contributed by atoms with Crippen LogP contribution in [0.1, 0.15) is 51.5 Å². The molecule has 0 spiro atoms. The molecule has 2 fully saturated rings. The van der Waals surface area contributed by atoms with Crippen LogP contribution >= 0.6 is 24.0 Å². The van der Waals surface area contributed by atoms with Gasteiger partial charge in [-0.15, -0.1) is 24.0 Å². The molecule has 1 aliphatic carbocycles. The average molecular weight is 527 g/mol. The lowest BCUT2D eigenvalue weighted by Crippen LogP contribution is -2.40. The van der Waals surface area contributed by atoms with Gasteiger partial charge in [0.05, 0.1) is 0 Å². The molecule has 1 atom stereocenters. The molecule has 1 saturated heterocycles. The van der Waals surface area contributed by atoms with Gasteiger partial charge in [0.1, 0.15) is 0 Å². The van der Waals surface area contributed by atoms with Gasteiger partial charge in [-0.25, -0.2) is 0 Å². The fourth-order valence-corrected chi connectivity index (χ4v) is 4.44. The van der Waals surface area contributed by atoms with Gasteiger partial charge in [0.2, 0.25) is 5.91 Å². The van der Waals surface area contributed by atoms with Crippen LogP contribution < -0.4 is 10.6 Å². The van der Waals surface area contributed by atoms with E-state index >= 15 is 0 Å². The van der Waals surface area contributed by atoms with Crippen LogP contribution in [0, 0.1) is 17.8 Å². The molecular weight excluding hydrogens is 487 g/mol. The second kappa shape index (κ2) is 13.2. The maximum atomic E-state index is 12.4. The van der Waals surface area contributed by atoms with Gasteiger partial charge in [0, 0.05) is 45.1 Å². The summed E-state index contributed by atoms with van der Waals surface area (Å²) in [5.74, 6) is 3.15. The molecule has 2 N–H and O–H groups in total. The third-order valence-electron chi connectivity index (χ3n) is 6.35. The van der Waals surface area contributed by atoms with Crippen molar-refractivity contribution in [3.8, 4) is 0 Å². The van der Waals surface area contributed by atoms with E-state index in [1.807, 2.05) is 11.0 Å². The number of nitrogens with zero attached hydrogens (tertiary/aromatic N) is 2. The summed E-state index contributed by atoms with van der Waals surface area (Å²) in [6, 6.07) is 10.4. The van der Waals surface area contributed by atoms with Gasteiger partial charge >= 0.3 is 0 Å². The highest BCUT2D eigenvalue weighted by Crippen LogP contribution is 2.27. The van der Waals surface area contributed by atoms with Gasteiger partial charge in [-0.05, 0) is 43.6 Å². The quantitative estimate of drug-likeness (QED) is 0.305. The minimum Gasteiger partial charge on any atom is -0.357 e. The van der Waals surface area contributed by atoms with Gasteiger partial charge in [-0.3, -0.25) is 9.79 Å². The summed E-state index contributed by atoms with van der Waals surface area (Å²) in [4.78, 5) is 19.2. The first kappa shape index (κ1) is 25.0. The minimum absolute atomic E-state index is 0. The van der Waals surface area contributed by atoms with Crippen molar-refractivity contribution in [3.05, 3.63) is 35.9 Å². The zero-order valence-corrected chi connectivity index (χ0v) is 20.9. The van der Waals surface area contributed by atoms with E-state index < -0.39 is 0 Å². The van der Waals surface area contributed by atoms with Crippen LogP contribution in [-0.2, 0) is 11.2 Å². The number of likely N-dealkylation sites (tertiary alicyclic amines) is 1. The van der Waals surface area contributed by atoms with Crippen molar-refractivity contribution in [2.24, 2.45) is 22.7 Å². The summed E-state index contributed by atoms with van der Waals surface area (Å²) in [5, 5.41) is 6.90. The number of rotatable bonds is 8. The zero-order chi connectivity index (χ0) is 20.5. The van der Waals surface area contributed by atoms with Crippen molar-refractivity contribution in [1.29, 1.82) is 0 Å². The molecule has 30 heavy (non-hydrogen) atoms. The lowest BCUT2D eigenvalue weighted by Gasteiger charge is -2.27. The van der Waals surface area contributed by atoms with Crippen LogP contribution in [0.25, 0.3) is 0 Å². The molecule has 1 aromatic rings. The van der Waals surface area contributed by atoms with E-state index in [1.54, 1.807) is 0 Å². The molecule has 168 valence electrons. The van der Waals surface area contributed by atoms with Crippen molar-refractivity contribution in [2.45, 2.75) is 52.4 Å². The summed E-state index contributed by atoms with van der Waals surface area (Å²) >= 11 is 0. The lowest BCUT2D eigenvalue weighted by molar-refractivity contribution is -0.127. The number of guanidine groups is 1. The van der Waals surface area contributed by atoms with Crippen molar-refractivity contribution in [2.75, 3.05) is 32.7 Å². The van der Waals surface area contributed by atoms with Crippen LogP contribution in [0.4, 0.5) is 0 Å². The molecule has 1 aromatic carbocycles. The van der Waals surface area contributed by atoms with E-state index in [0.717, 1.165) is 50.4 Å². The maximum Gasteiger partial charge on any atom is 0.223 e. The topological polar surface area (TPSA) is 56.7 Å². The molecule has 5 nitrogen and oxygen atoms in total. The fourth-order valence-electron chi connectivity index (χ4n) is 4.44. The third kappa shape index (κ3) is 8.08. The van der Waals surface area contributed by atoms with Crippen LogP contribution in [0.5, 0.6) is 0 Å². The highest BCUT2D eigenvalue weighted by molar-refractivity contribution is 14.0. The largest absolute Gasteiger partial charge is 0.357 e. The number of amides is 1. The second-order valence-electron chi connectivity index (χ2n) is 8.87. The normalized spacial score (nSPS) is 24.5. The molecule has 1 saturated carbocycles. The first-order valence-corrected chi connectivity index (χ1v) is 11.5. The number of nitrogens with one attached hydrogen (secondary N) is 2. The number of carbonyl (C=O) groups is 1. The van der Waals surface area contributed by atoms with Crippen LogP contribution in [-0.4, -0.2) is 49.5 Å².